The molecule has 0 aliphatic carbocycles. The third-order valence-electron chi connectivity index (χ3n) is 4.12. The number of furan rings is 1. The summed E-state index contributed by atoms with van der Waals surface area (Å²) >= 11 is 12.0. The lowest BCUT2D eigenvalue weighted by Gasteiger charge is -2.21. The second-order valence-corrected chi connectivity index (χ2v) is 8.21. The van der Waals surface area contributed by atoms with E-state index in [4.69, 9.17) is 33.3 Å². The van der Waals surface area contributed by atoms with E-state index in [-0.39, 0.29) is 31.5 Å². The molecule has 13 heteroatoms. The highest BCUT2D eigenvalue weighted by atomic mass is 35.5. The minimum absolute atomic E-state index is 0.0531. The van der Waals surface area contributed by atoms with Crippen LogP contribution in [0.15, 0.2) is 39.7 Å². The zero-order valence-electron chi connectivity index (χ0n) is 15.2. The summed E-state index contributed by atoms with van der Waals surface area (Å²) in [5.74, 6) is -3.13. The van der Waals surface area contributed by atoms with Crippen LogP contribution < -0.4 is 0 Å². The number of carbonyl (C=O) groups is 3. The van der Waals surface area contributed by atoms with E-state index >= 15 is 0 Å². The van der Waals surface area contributed by atoms with E-state index in [1.807, 2.05) is 0 Å². The molecule has 0 saturated carbocycles. The fraction of sp³-hybridized carbons (Fsp3) is 0.111. The number of rotatable bonds is 7. The Morgan fingerprint density at radius 2 is 2.03 bits per heavy atom. The second-order valence-electron chi connectivity index (χ2n) is 6.13. The molecule has 1 aromatic carbocycles. The van der Waals surface area contributed by atoms with E-state index in [2.05, 4.69) is 0 Å². The Morgan fingerprint density at radius 1 is 1.32 bits per heavy atom. The number of nitrogens with zero attached hydrogens (tertiary/aromatic N) is 2. The van der Waals surface area contributed by atoms with Crippen LogP contribution in [-0.2, 0) is 14.4 Å². The summed E-state index contributed by atoms with van der Waals surface area (Å²) in [5.41, 5.74) is 0.213. The van der Waals surface area contributed by atoms with Gasteiger partial charge in [0, 0.05) is 23.8 Å². The van der Waals surface area contributed by atoms with E-state index in [9.17, 15) is 29.6 Å². The van der Waals surface area contributed by atoms with Gasteiger partial charge in [0.25, 0.3) is 11.6 Å². The Bertz CT molecular complexity index is 1160. The highest BCUT2D eigenvalue weighted by molar-refractivity contribution is 8.26. The van der Waals surface area contributed by atoms with Gasteiger partial charge in [0.15, 0.2) is 0 Å². The van der Waals surface area contributed by atoms with Crippen LogP contribution in [0, 0.1) is 10.1 Å². The van der Waals surface area contributed by atoms with Crippen molar-refractivity contribution in [3.8, 4) is 11.3 Å². The first-order valence-electron chi connectivity index (χ1n) is 8.34. The standard InChI is InChI=1S/C18H11ClN2O8S2/c19-11-5-8(21(27)28)1-3-10(11)13-4-2-9(29-13)6-14-16(24)20(18(30)31-14)12(17(25)26)7-15(22)23/h1-6,12H,7H2,(H,22,23)(H,25,26)/b14-6+/t12-/m1/s1. The zero-order chi connectivity index (χ0) is 22.9. The summed E-state index contributed by atoms with van der Waals surface area (Å²) < 4.78 is 5.55. The second kappa shape index (κ2) is 8.88. The Kier molecular flexibility index (Phi) is 6.43. The summed E-state index contributed by atoms with van der Waals surface area (Å²) in [6.07, 6.45) is 0.528. The monoisotopic (exact) mass is 482 g/mol. The fourth-order valence-corrected chi connectivity index (χ4v) is 4.33. The molecule has 10 nitrogen and oxygen atoms in total. The lowest BCUT2D eigenvalue weighted by atomic mass is 10.1. The number of carboxylic acid groups (broad SMARTS) is 2. The van der Waals surface area contributed by atoms with Gasteiger partial charge in [-0.05, 0) is 18.2 Å². The number of thioether (sulfide) groups is 1. The number of nitro groups is 1. The van der Waals surface area contributed by atoms with Crippen LogP contribution in [0.2, 0.25) is 5.02 Å². The number of halogens is 1. The maximum absolute atomic E-state index is 12.6. The van der Waals surface area contributed by atoms with Gasteiger partial charge in [-0.1, -0.05) is 35.6 Å². The maximum Gasteiger partial charge on any atom is 0.327 e. The number of aliphatic carboxylic acids is 2. The molecule has 0 spiro atoms. The topological polar surface area (TPSA) is 151 Å². The van der Waals surface area contributed by atoms with Crippen molar-refractivity contribution in [1.82, 2.24) is 4.90 Å². The molecule has 31 heavy (non-hydrogen) atoms. The summed E-state index contributed by atoms with van der Waals surface area (Å²) in [7, 11) is 0. The molecule has 2 aromatic rings. The van der Waals surface area contributed by atoms with Gasteiger partial charge in [-0.2, -0.15) is 0 Å². The number of benzene rings is 1. The van der Waals surface area contributed by atoms with Crippen LogP contribution in [0.25, 0.3) is 17.4 Å². The number of thiocarbonyl (C=S) groups is 1. The van der Waals surface area contributed by atoms with E-state index in [1.54, 1.807) is 6.07 Å². The molecule has 2 heterocycles. The van der Waals surface area contributed by atoms with E-state index in [1.165, 1.54) is 30.3 Å². The van der Waals surface area contributed by atoms with Crippen molar-refractivity contribution in [3.63, 3.8) is 0 Å². The lowest BCUT2D eigenvalue weighted by Crippen LogP contribution is -2.45. The summed E-state index contributed by atoms with van der Waals surface area (Å²) in [6.45, 7) is 0. The van der Waals surface area contributed by atoms with Crippen LogP contribution in [-0.4, -0.2) is 48.2 Å². The Hall–Kier alpha value is -3.22. The molecule has 1 aromatic heterocycles. The number of non-ortho nitro benzene ring substituents is 1. The average molecular weight is 483 g/mol. The van der Waals surface area contributed by atoms with Crippen molar-refractivity contribution in [2.45, 2.75) is 12.5 Å². The van der Waals surface area contributed by atoms with E-state index in [0.29, 0.717) is 5.56 Å². The Labute approximate surface area is 188 Å². The molecule has 1 saturated heterocycles. The maximum atomic E-state index is 12.6. The normalized spacial score (nSPS) is 16.0. The molecule has 1 aliphatic rings. The fourth-order valence-electron chi connectivity index (χ4n) is 2.72. The first kappa shape index (κ1) is 22.5. The molecular weight excluding hydrogens is 472 g/mol. The van der Waals surface area contributed by atoms with Crippen molar-refractivity contribution in [1.29, 1.82) is 0 Å². The molecule has 160 valence electrons. The van der Waals surface area contributed by atoms with Crippen molar-refractivity contribution < 1.29 is 33.9 Å². The molecule has 1 atom stereocenters. The van der Waals surface area contributed by atoms with Crippen molar-refractivity contribution in [2.75, 3.05) is 0 Å². The minimum Gasteiger partial charge on any atom is -0.481 e. The van der Waals surface area contributed by atoms with Gasteiger partial charge in [0.2, 0.25) is 0 Å². The van der Waals surface area contributed by atoms with Gasteiger partial charge >= 0.3 is 11.9 Å². The third-order valence-corrected chi connectivity index (χ3v) is 5.76. The van der Waals surface area contributed by atoms with Gasteiger partial charge < -0.3 is 14.6 Å². The first-order valence-corrected chi connectivity index (χ1v) is 9.94. The molecule has 1 aliphatic heterocycles. The van der Waals surface area contributed by atoms with Crippen LogP contribution in [0.3, 0.4) is 0 Å². The predicted molar refractivity (Wildman–Crippen MR) is 114 cm³/mol. The molecule has 1 amide bonds. The van der Waals surface area contributed by atoms with Crippen molar-refractivity contribution in [3.05, 3.63) is 56.1 Å². The summed E-state index contributed by atoms with van der Waals surface area (Å²) in [5, 5.41) is 29.1. The average Bonchev–Trinajstić information content (AvgIpc) is 3.24. The van der Waals surface area contributed by atoms with E-state index in [0.717, 1.165) is 16.7 Å². The zero-order valence-corrected chi connectivity index (χ0v) is 17.6. The molecule has 0 radical (unpaired) electrons. The number of nitro benzene ring substituents is 1. The van der Waals surface area contributed by atoms with Crippen molar-refractivity contribution in [2.24, 2.45) is 0 Å². The van der Waals surface area contributed by atoms with Crippen LogP contribution in [0.1, 0.15) is 12.2 Å². The first-order chi connectivity index (χ1) is 14.6. The lowest BCUT2D eigenvalue weighted by molar-refractivity contribution is -0.384. The quantitative estimate of drug-likeness (QED) is 0.259. The van der Waals surface area contributed by atoms with Crippen molar-refractivity contribution >= 4 is 69.5 Å². The molecular formula is C18H11ClN2O8S2. The number of carbonyl (C=O) groups excluding carboxylic acids is 1. The number of carboxylic acids is 2. The minimum atomic E-state index is -1.64. The molecule has 0 bridgehead atoms. The largest absolute Gasteiger partial charge is 0.481 e. The highest BCUT2D eigenvalue weighted by Gasteiger charge is 2.41. The van der Waals surface area contributed by atoms with Gasteiger partial charge in [0.05, 0.1) is 21.3 Å². The number of amides is 1. The highest BCUT2D eigenvalue weighted by Crippen LogP contribution is 2.36. The van der Waals surface area contributed by atoms with E-state index < -0.39 is 35.2 Å². The molecule has 3 rings (SSSR count). The summed E-state index contributed by atoms with van der Waals surface area (Å²) in [6, 6.07) is 5.30. The molecule has 1 fully saturated rings. The molecule has 0 unspecified atom stereocenters. The number of hydrogen-bond donors (Lipinski definition) is 2. The summed E-state index contributed by atoms with van der Waals surface area (Å²) in [4.78, 5) is 46.1. The van der Waals surface area contributed by atoms with Crippen LogP contribution >= 0.6 is 35.6 Å². The Morgan fingerprint density at radius 3 is 2.61 bits per heavy atom. The van der Waals surface area contributed by atoms with Crippen LogP contribution in [0.4, 0.5) is 5.69 Å². The van der Waals surface area contributed by atoms with Gasteiger partial charge in [0.1, 0.15) is 21.9 Å². The van der Waals surface area contributed by atoms with Gasteiger partial charge in [-0.25, -0.2) is 4.79 Å². The smallest absolute Gasteiger partial charge is 0.327 e. The van der Waals surface area contributed by atoms with Gasteiger partial charge in [-0.15, -0.1) is 0 Å². The number of hydrogen-bond acceptors (Lipinski definition) is 8. The Balaban J connectivity index is 1.87. The van der Waals surface area contributed by atoms with Crippen LogP contribution in [0.5, 0.6) is 0 Å². The predicted octanol–water partition coefficient (Wildman–Crippen LogP) is 3.64. The third kappa shape index (κ3) is 4.76. The SMILES string of the molecule is O=C(O)C[C@H](C(=O)O)N1C(=O)/C(=C\c2ccc(-c3ccc([N+](=O)[O-])cc3Cl)o2)SC1=S. The molecule has 2 N–H and O–H groups in total. The van der Waals surface area contributed by atoms with Gasteiger partial charge in [-0.3, -0.25) is 24.6 Å².